The predicted molar refractivity (Wildman–Crippen MR) is 82.9 cm³/mol. The minimum Gasteiger partial charge on any atom is -0.469 e. The Morgan fingerprint density at radius 3 is 2.32 bits per heavy atom. The van der Waals surface area contributed by atoms with E-state index in [2.05, 4.69) is 48.8 Å². The number of rotatable bonds is 6. The number of methoxy groups -OCH3 is 1. The Labute approximate surface area is 124 Å². The molecule has 106 valence electrons. The van der Waals surface area contributed by atoms with Crippen molar-refractivity contribution in [3.63, 3.8) is 0 Å². The van der Waals surface area contributed by atoms with Crippen LogP contribution in [0.2, 0.25) is 0 Å². The van der Waals surface area contributed by atoms with Crippen LogP contribution < -0.4 is 0 Å². The third kappa shape index (κ3) is 4.64. The first-order chi connectivity index (χ1) is 8.99. The van der Waals surface area contributed by atoms with Crippen molar-refractivity contribution in [3.05, 3.63) is 34.4 Å². The standard InChI is InChI=1S/C16H23BrO2/c1-11-8-12(2)15(13(3)9-11)10-14(6-5-7-17)16(18)19-4/h8-9,14H,5-7,10H2,1-4H3. The summed E-state index contributed by atoms with van der Waals surface area (Å²) in [5, 5.41) is 0.923. The Balaban J connectivity index is 2.92. The fraction of sp³-hybridized carbons (Fsp3) is 0.562. The molecule has 1 rings (SSSR count). The van der Waals surface area contributed by atoms with Crippen molar-refractivity contribution in [2.75, 3.05) is 12.4 Å². The number of hydrogen-bond acceptors (Lipinski definition) is 2. The lowest BCUT2D eigenvalue weighted by molar-refractivity contribution is -0.145. The number of hydrogen-bond donors (Lipinski definition) is 0. The maximum atomic E-state index is 11.9. The van der Waals surface area contributed by atoms with Crippen LogP contribution in [0.25, 0.3) is 0 Å². The van der Waals surface area contributed by atoms with E-state index < -0.39 is 0 Å². The van der Waals surface area contributed by atoms with E-state index in [0.717, 1.165) is 24.6 Å². The number of halogens is 1. The Morgan fingerprint density at radius 1 is 1.26 bits per heavy atom. The van der Waals surface area contributed by atoms with Gasteiger partial charge in [0, 0.05) is 5.33 Å². The number of benzene rings is 1. The third-order valence-corrected chi connectivity index (χ3v) is 4.07. The summed E-state index contributed by atoms with van der Waals surface area (Å²) in [7, 11) is 1.47. The zero-order valence-electron chi connectivity index (χ0n) is 12.3. The summed E-state index contributed by atoms with van der Waals surface area (Å²) >= 11 is 3.42. The van der Waals surface area contributed by atoms with Gasteiger partial charge in [-0.15, -0.1) is 0 Å². The van der Waals surface area contributed by atoms with Gasteiger partial charge in [-0.3, -0.25) is 4.79 Å². The molecule has 0 amide bonds. The number of carbonyl (C=O) groups excluding carboxylic acids is 1. The zero-order valence-corrected chi connectivity index (χ0v) is 13.8. The summed E-state index contributed by atoms with van der Waals surface area (Å²) in [6.07, 6.45) is 2.63. The molecule has 0 saturated carbocycles. The van der Waals surface area contributed by atoms with Gasteiger partial charge in [0.1, 0.15) is 0 Å². The molecule has 0 N–H and O–H groups in total. The quantitative estimate of drug-likeness (QED) is 0.580. The van der Waals surface area contributed by atoms with Gasteiger partial charge in [-0.2, -0.15) is 0 Å². The molecule has 3 heteroatoms. The largest absolute Gasteiger partial charge is 0.469 e. The highest BCUT2D eigenvalue weighted by molar-refractivity contribution is 9.09. The van der Waals surface area contributed by atoms with Crippen molar-refractivity contribution < 1.29 is 9.53 Å². The van der Waals surface area contributed by atoms with Gasteiger partial charge >= 0.3 is 5.97 Å². The first-order valence-corrected chi connectivity index (χ1v) is 7.82. The second-order valence-electron chi connectivity index (χ2n) is 5.13. The lowest BCUT2D eigenvalue weighted by Gasteiger charge is -2.18. The summed E-state index contributed by atoms with van der Waals surface area (Å²) in [4.78, 5) is 11.9. The van der Waals surface area contributed by atoms with Crippen LogP contribution in [0.4, 0.5) is 0 Å². The second kappa shape index (κ2) is 7.68. The van der Waals surface area contributed by atoms with E-state index in [1.165, 1.54) is 29.4 Å². The molecule has 2 nitrogen and oxygen atoms in total. The highest BCUT2D eigenvalue weighted by atomic mass is 79.9. The van der Waals surface area contributed by atoms with Crippen molar-refractivity contribution in [1.82, 2.24) is 0 Å². The molecule has 0 aromatic heterocycles. The summed E-state index contributed by atoms with van der Waals surface area (Å²) in [6, 6.07) is 4.36. The molecular formula is C16H23BrO2. The van der Waals surface area contributed by atoms with Crippen LogP contribution in [0, 0.1) is 26.7 Å². The number of esters is 1. The zero-order chi connectivity index (χ0) is 14.4. The Kier molecular flexibility index (Phi) is 6.56. The van der Waals surface area contributed by atoms with Crippen LogP contribution >= 0.6 is 15.9 Å². The van der Waals surface area contributed by atoms with Crippen molar-refractivity contribution in [3.8, 4) is 0 Å². The van der Waals surface area contributed by atoms with Crippen LogP contribution in [-0.2, 0) is 16.0 Å². The summed E-state index contributed by atoms with van der Waals surface area (Å²) < 4.78 is 4.93. The summed E-state index contributed by atoms with van der Waals surface area (Å²) in [6.45, 7) is 6.34. The number of ether oxygens (including phenoxy) is 1. The van der Waals surface area contributed by atoms with Gasteiger partial charge in [0.05, 0.1) is 13.0 Å². The molecule has 0 aliphatic rings. The lowest BCUT2D eigenvalue weighted by atomic mass is 9.89. The minimum atomic E-state index is -0.0969. The molecule has 0 radical (unpaired) electrons. The van der Waals surface area contributed by atoms with Crippen LogP contribution in [0.5, 0.6) is 0 Å². The molecule has 19 heavy (non-hydrogen) atoms. The van der Waals surface area contributed by atoms with E-state index in [0.29, 0.717) is 0 Å². The highest BCUT2D eigenvalue weighted by Gasteiger charge is 2.21. The Bertz CT molecular complexity index is 417. The minimum absolute atomic E-state index is 0.0392. The Morgan fingerprint density at radius 2 is 1.84 bits per heavy atom. The van der Waals surface area contributed by atoms with Gasteiger partial charge in [0.2, 0.25) is 0 Å². The fourth-order valence-electron chi connectivity index (χ4n) is 2.57. The van der Waals surface area contributed by atoms with Crippen molar-refractivity contribution in [2.45, 2.75) is 40.0 Å². The van der Waals surface area contributed by atoms with E-state index in [9.17, 15) is 4.79 Å². The van der Waals surface area contributed by atoms with Gasteiger partial charge in [-0.25, -0.2) is 0 Å². The van der Waals surface area contributed by atoms with Crippen molar-refractivity contribution in [2.24, 2.45) is 5.92 Å². The molecule has 1 aromatic carbocycles. The van der Waals surface area contributed by atoms with Gasteiger partial charge in [-0.05, 0) is 56.7 Å². The van der Waals surface area contributed by atoms with Crippen LogP contribution in [-0.4, -0.2) is 18.4 Å². The van der Waals surface area contributed by atoms with Crippen LogP contribution in [0.15, 0.2) is 12.1 Å². The number of alkyl halides is 1. The van der Waals surface area contributed by atoms with E-state index in [1.54, 1.807) is 0 Å². The maximum Gasteiger partial charge on any atom is 0.308 e. The van der Waals surface area contributed by atoms with E-state index >= 15 is 0 Å². The molecule has 0 bridgehead atoms. The second-order valence-corrected chi connectivity index (χ2v) is 5.93. The maximum absolute atomic E-state index is 11.9. The van der Waals surface area contributed by atoms with Gasteiger partial charge in [0.25, 0.3) is 0 Å². The van der Waals surface area contributed by atoms with E-state index in [4.69, 9.17) is 4.74 Å². The molecule has 1 atom stereocenters. The normalized spacial score (nSPS) is 12.3. The third-order valence-electron chi connectivity index (χ3n) is 3.51. The average molecular weight is 327 g/mol. The average Bonchev–Trinajstić information content (AvgIpc) is 2.36. The predicted octanol–water partition coefficient (Wildman–Crippen LogP) is 4.12. The SMILES string of the molecule is COC(=O)C(CCCBr)Cc1c(C)cc(C)cc1C. The van der Waals surface area contributed by atoms with Gasteiger partial charge in [-0.1, -0.05) is 33.6 Å². The highest BCUT2D eigenvalue weighted by Crippen LogP contribution is 2.23. The molecule has 0 aliphatic carbocycles. The first kappa shape index (κ1) is 16.2. The van der Waals surface area contributed by atoms with Crippen LogP contribution in [0.1, 0.15) is 35.1 Å². The molecule has 0 aliphatic heterocycles. The first-order valence-electron chi connectivity index (χ1n) is 6.70. The molecule has 0 spiro atoms. The van der Waals surface area contributed by atoms with E-state index in [-0.39, 0.29) is 11.9 Å². The van der Waals surface area contributed by atoms with Crippen LogP contribution in [0.3, 0.4) is 0 Å². The molecule has 1 unspecified atom stereocenters. The topological polar surface area (TPSA) is 26.3 Å². The van der Waals surface area contributed by atoms with E-state index in [1.807, 2.05) is 0 Å². The fourth-order valence-corrected chi connectivity index (χ4v) is 2.90. The lowest BCUT2D eigenvalue weighted by Crippen LogP contribution is -2.20. The molecule has 0 fully saturated rings. The van der Waals surface area contributed by atoms with Gasteiger partial charge < -0.3 is 4.74 Å². The molecular weight excluding hydrogens is 304 g/mol. The Hall–Kier alpha value is -0.830. The monoisotopic (exact) mass is 326 g/mol. The smallest absolute Gasteiger partial charge is 0.308 e. The number of carbonyl (C=O) groups is 1. The molecule has 0 heterocycles. The van der Waals surface area contributed by atoms with Crippen molar-refractivity contribution in [1.29, 1.82) is 0 Å². The summed E-state index contributed by atoms with van der Waals surface area (Å²) in [5.41, 5.74) is 5.10. The summed E-state index contributed by atoms with van der Waals surface area (Å²) in [5.74, 6) is -0.136. The number of aryl methyl sites for hydroxylation is 3. The molecule has 0 saturated heterocycles. The van der Waals surface area contributed by atoms with Gasteiger partial charge in [0.15, 0.2) is 0 Å². The molecule has 1 aromatic rings. The van der Waals surface area contributed by atoms with Crippen molar-refractivity contribution >= 4 is 21.9 Å².